The number of methoxy groups -OCH3 is 1. The first kappa shape index (κ1) is 13.5. The summed E-state index contributed by atoms with van der Waals surface area (Å²) in [5.74, 6) is 0.624. The van der Waals surface area contributed by atoms with Crippen molar-refractivity contribution in [3.63, 3.8) is 0 Å². The Morgan fingerprint density at radius 1 is 1.38 bits per heavy atom. The summed E-state index contributed by atoms with van der Waals surface area (Å²) in [4.78, 5) is 11.3. The molecule has 0 aliphatic carbocycles. The maximum absolute atomic E-state index is 11.3. The van der Waals surface area contributed by atoms with E-state index in [1.54, 1.807) is 0 Å². The summed E-state index contributed by atoms with van der Waals surface area (Å²) < 4.78 is 15.8. The van der Waals surface area contributed by atoms with Crippen LogP contribution in [0.3, 0.4) is 0 Å². The molecule has 4 nitrogen and oxygen atoms in total. The van der Waals surface area contributed by atoms with Crippen LogP contribution in [0.2, 0.25) is 0 Å². The van der Waals surface area contributed by atoms with E-state index in [0.717, 1.165) is 12.8 Å². The Hall–Kier alpha value is -0.610. The van der Waals surface area contributed by atoms with Crippen LogP contribution in [0.15, 0.2) is 0 Å². The van der Waals surface area contributed by atoms with Crippen molar-refractivity contribution < 1.29 is 19.0 Å². The van der Waals surface area contributed by atoms with Crippen LogP contribution in [0, 0.1) is 11.8 Å². The smallest absolute Gasteiger partial charge is 0.305 e. The van der Waals surface area contributed by atoms with Gasteiger partial charge in [0.1, 0.15) is 0 Å². The SMILES string of the molecule is CCO[C@@H]1C[C@@H](CC(=O)OC)[C@@H](CC)CO1. The molecular formula is C12H22O4. The summed E-state index contributed by atoms with van der Waals surface area (Å²) in [7, 11) is 1.43. The van der Waals surface area contributed by atoms with E-state index in [4.69, 9.17) is 14.2 Å². The molecular weight excluding hydrogens is 208 g/mol. The maximum Gasteiger partial charge on any atom is 0.305 e. The van der Waals surface area contributed by atoms with Crippen molar-refractivity contribution in [3.05, 3.63) is 0 Å². The largest absolute Gasteiger partial charge is 0.469 e. The minimum Gasteiger partial charge on any atom is -0.469 e. The van der Waals surface area contributed by atoms with E-state index in [2.05, 4.69) is 6.92 Å². The first-order valence-electron chi connectivity index (χ1n) is 6.01. The number of esters is 1. The number of hydrogen-bond acceptors (Lipinski definition) is 4. The summed E-state index contributed by atoms with van der Waals surface area (Å²) in [5.41, 5.74) is 0. The Morgan fingerprint density at radius 3 is 2.69 bits per heavy atom. The van der Waals surface area contributed by atoms with Crippen LogP contribution in [-0.2, 0) is 19.0 Å². The third-order valence-electron chi connectivity index (χ3n) is 3.19. The van der Waals surface area contributed by atoms with E-state index in [9.17, 15) is 4.79 Å². The summed E-state index contributed by atoms with van der Waals surface area (Å²) in [5, 5.41) is 0. The van der Waals surface area contributed by atoms with Crippen LogP contribution >= 0.6 is 0 Å². The lowest BCUT2D eigenvalue weighted by Gasteiger charge is -2.35. The molecule has 0 aromatic heterocycles. The van der Waals surface area contributed by atoms with Gasteiger partial charge in [-0.2, -0.15) is 0 Å². The molecule has 0 radical (unpaired) electrons. The molecule has 1 fully saturated rings. The lowest BCUT2D eigenvalue weighted by atomic mass is 9.83. The van der Waals surface area contributed by atoms with Gasteiger partial charge in [-0.05, 0) is 18.8 Å². The van der Waals surface area contributed by atoms with Gasteiger partial charge in [-0.15, -0.1) is 0 Å². The Kier molecular flexibility index (Phi) is 5.77. The van der Waals surface area contributed by atoms with Gasteiger partial charge in [0.05, 0.1) is 13.7 Å². The number of hydrogen-bond donors (Lipinski definition) is 0. The molecule has 0 aromatic carbocycles. The van der Waals surface area contributed by atoms with E-state index in [1.165, 1.54) is 7.11 Å². The summed E-state index contributed by atoms with van der Waals surface area (Å²) in [6.07, 6.45) is 2.15. The van der Waals surface area contributed by atoms with Gasteiger partial charge in [0.15, 0.2) is 6.29 Å². The highest BCUT2D eigenvalue weighted by molar-refractivity contribution is 5.69. The van der Waals surface area contributed by atoms with Crippen molar-refractivity contribution in [3.8, 4) is 0 Å². The van der Waals surface area contributed by atoms with Gasteiger partial charge in [-0.3, -0.25) is 4.79 Å². The number of carbonyl (C=O) groups is 1. The van der Waals surface area contributed by atoms with Gasteiger partial charge < -0.3 is 14.2 Å². The Bertz CT molecular complexity index is 217. The predicted octanol–water partition coefficient (Wildman–Crippen LogP) is 1.97. The van der Waals surface area contributed by atoms with Crippen LogP contribution in [-0.4, -0.2) is 32.6 Å². The van der Waals surface area contributed by atoms with Crippen LogP contribution < -0.4 is 0 Å². The van der Waals surface area contributed by atoms with Crippen LogP contribution in [0.5, 0.6) is 0 Å². The molecule has 0 N–H and O–H groups in total. The highest BCUT2D eigenvalue weighted by atomic mass is 16.7. The quantitative estimate of drug-likeness (QED) is 0.677. The van der Waals surface area contributed by atoms with Crippen molar-refractivity contribution in [1.82, 2.24) is 0 Å². The third kappa shape index (κ3) is 3.76. The van der Waals surface area contributed by atoms with Gasteiger partial charge in [-0.25, -0.2) is 0 Å². The molecule has 4 heteroatoms. The average Bonchev–Trinajstić information content (AvgIpc) is 2.30. The van der Waals surface area contributed by atoms with Crippen molar-refractivity contribution >= 4 is 5.97 Å². The lowest BCUT2D eigenvalue weighted by Crippen LogP contribution is -2.36. The topological polar surface area (TPSA) is 44.8 Å². The molecule has 1 aliphatic rings. The molecule has 16 heavy (non-hydrogen) atoms. The average molecular weight is 230 g/mol. The molecule has 1 heterocycles. The van der Waals surface area contributed by atoms with E-state index < -0.39 is 0 Å². The molecule has 0 unspecified atom stereocenters. The second-order valence-corrected chi connectivity index (χ2v) is 4.16. The fourth-order valence-corrected chi connectivity index (χ4v) is 2.18. The molecule has 1 saturated heterocycles. The standard InChI is InChI=1S/C12H22O4/c1-4-9-8-16-12(15-5-2)7-10(9)6-11(13)14-3/h9-10,12H,4-8H2,1-3H3/t9-,10+,12-/m0/s1. The normalized spacial score (nSPS) is 30.1. The summed E-state index contributed by atoms with van der Waals surface area (Å²) in [6, 6.07) is 0. The van der Waals surface area contributed by atoms with Gasteiger partial charge in [0.25, 0.3) is 0 Å². The summed E-state index contributed by atoms with van der Waals surface area (Å²) >= 11 is 0. The van der Waals surface area contributed by atoms with E-state index in [0.29, 0.717) is 31.5 Å². The number of ether oxygens (including phenoxy) is 3. The zero-order valence-corrected chi connectivity index (χ0v) is 10.4. The highest BCUT2D eigenvalue weighted by Gasteiger charge is 2.32. The van der Waals surface area contributed by atoms with Crippen LogP contribution in [0.25, 0.3) is 0 Å². The lowest BCUT2D eigenvalue weighted by molar-refractivity contribution is -0.191. The predicted molar refractivity (Wildman–Crippen MR) is 59.9 cm³/mol. The minimum absolute atomic E-state index is 0.138. The van der Waals surface area contributed by atoms with E-state index in [1.807, 2.05) is 6.92 Å². The molecule has 94 valence electrons. The van der Waals surface area contributed by atoms with Gasteiger partial charge >= 0.3 is 5.97 Å². The van der Waals surface area contributed by atoms with Gasteiger partial charge in [0.2, 0.25) is 0 Å². The third-order valence-corrected chi connectivity index (χ3v) is 3.19. The fraction of sp³-hybridized carbons (Fsp3) is 0.917. The zero-order valence-electron chi connectivity index (χ0n) is 10.4. The van der Waals surface area contributed by atoms with E-state index in [-0.39, 0.29) is 12.3 Å². The molecule has 1 aliphatic heterocycles. The monoisotopic (exact) mass is 230 g/mol. The van der Waals surface area contributed by atoms with Gasteiger partial charge in [-0.1, -0.05) is 13.3 Å². The molecule has 0 amide bonds. The number of rotatable bonds is 5. The molecule has 0 bridgehead atoms. The molecule has 0 saturated carbocycles. The fourth-order valence-electron chi connectivity index (χ4n) is 2.18. The number of carbonyl (C=O) groups excluding carboxylic acids is 1. The van der Waals surface area contributed by atoms with E-state index >= 15 is 0 Å². The van der Waals surface area contributed by atoms with Gasteiger partial charge in [0, 0.05) is 19.4 Å². The second kappa shape index (κ2) is 6.86. The first-order valence-corrected chi connectivity index (χ1v) is 6.01. The molecule has 0 spiro atoms. The Labute approximate surface area is 97.2 Å². The van der Waals surface area contributed by atoms with Crippen molar-refractivity contribution in [2.45, 2.75) is 39.4 Å². The van der Waals surface area contributed by atoms with Crippen molar-refractivity contribution in [2.24, 2.45) is 11.8 Å². The first-order chi connectivity index (χ1) is 7.71. The molecule has 0 aromatic rings. The maximum atomic E-state index is 11.3. The van der Waals surface area contributed by atoms with Crippen molar-refractivity contribution in [2.75, 3.05) is 20.3 Å². The van der Waals surface area contributed by atoms with Crippen LogP contribution in [0.1, 0.15) is 33.1 Å². The highest BCUT2D eigenvalue weighted by Crippen LogP contribution is 2.31. The Morgan fingerprint density at radius 2 is 2.12 bits per heavy atom. The Balaban J connectivity index is 2.49. The minimum atomic E-state index is -0.151. The molecule has 1 rings (SSSR count). The second-order valence-electron chi connectivity index (χ2n) is 4.16. The van der Waals surface area contributed by atoms with Crippen LogP contribution in [0.4, 0.5) is 0 Å². The molecule has 3 atom stereocenters. The van der Waals surface area contributed by atoms with Crippen molar-refractivity contribution in [1.29, 1.82) is 0 Å². The zero-order chi connectivity index (χ0) is 12.0. The summed E-state index contributed by atoms with van der Waals surface area (Å²) in [6.45, 7) is 5.40.